The Morgan fingerprint density at radius 1 is 0.663 bits per heavy atom. The van der Waals surface area contributed by atoms with Gasteiger partial charge in [0.05, 0.1) is 76.4 Å². The van der Waals surface area contributed by atoms with Gasteiger partial charge in [0, 0.05) is 44.3 Å². The van der Waals surface area contributed by atoms with E-state index in [1.54, 1.807) is 14.0 Å². The number of ether oxygens (including phenoxy) is 3. The lowest BCUT2D eigenvalue weighted by molar-refractivity contribution is -0.138. The van der Waals surface area contributed by atoms with Gasteiger partial charge in [-0.3, -0.25) is 19.2 Å². The van der Waals surface area contributed by atoms with Crippen LogP contribution in [-0.4, -0.2) is 144 Å². The number of carbonyl (C=O) groups is 3. The molecular formula is C59H66Cl2F6N14O8. The number of halogens is 8. The molecule has 4 aliphatic heterocycles. The molecule has 6 aromatic rings. The van der Waals surface area contributed by atoms with Gasteiger partial charge in [-0.05, 0) is 120 Å². The summed E-state index contributed by atoms with van der Waals surface area (Å²) in [6.45, 7) is 12.5. The molecule has 22 nitrogen and oxygen atoms in total. The maximum absolute atomic E-state index is 14.3. The molecule has 89 heavy (non-hydrogen) atoms. The number of alkyl halides is 6. The van der Waals surface area contributed by atoms with E-state index in [2.05, 4.69) is 36.0 Å². The number of carbonyl (C=O) groups excluding carboxylic acids is 3. The van der Waals surface area contributed by atoms with E-state index in [0.29, 0.717) is 112 Å². The lowest BCUT2D eigenvalue weighted by atomic mass is 9.81. The number of benzene rings is 2. The third kappa shape index (κ3) is 12.8. The van der Waals surface area contributed by atoms with Crippen molar-refractivity contribution in [2.75, 3.05) is 73.0 Å². The topological polar surface area (TPSA) is 229 Å². The molecule has 30 heteroatoms. The number of anilines is 4. The van der Waals surface area contributed by atoms with Gasteiger partial charge >= 0.3 is 18.4 Å². The van der Waals surface area contributed by atoms with Gasteiger partial charge in [-0.25, -0.2) is 4.79 Å². The van der Waals surface area contributed by atoms with E-state index in [0.717, 1.165) is 79.8 Å². The van der Waals surface area contributed by atoms with Crippen molar-refractivity contribution in [3.63, 3.8) is 0 Å². The summed E-state index contributed by atoms with van der Waals surface area (Å²) in [5.74, 6) is -0.0261. The number of amides is 3. The predicted octanol–water partition coefficient (Wildman–Crippen LogP) is 8.66. The summed E-state index contributed by atoms with van der Waals surface area (Å²) >= 11 is 12.2. The first-order valence-electron chi connectivity index (χ1n) is 29.5. The SMILES string of the molecule is CCc1c(N2CCN(C(=O)OC(C)(C)C)[C@@H]3CC[C@H]32)c(=O)n2nc(C3=CCOCC3)nc2n1CC(=O)Nc1ccc(C(F)(F)F)cc1Cl.CCc1c(N2CCN[C@@H]3CC[C@H]32)c(=O)n2nc(C3=CCOCC3)nc2n1CC(=O)Nc1ccc(C(F)(F)F)cc1Cl. The number of nitrogens with zero attached hydrogens (tertiary/aromatic N) is 11. The average molecular weight is 1280 g/mol. The summed E-state index contributed by atoms with van der Waals surface area (Å²) in [6, 6.07) is 5.59. The quantitative estimate of drug-likeness (QED) is 0.0974. The van der Waals surface area contributed by atoms with E-state index in [4.69, 9.17) is 42.4 Å². The molecule has 2 saturated carbocycles. The summed E-state index contributed by atoms with van der Waals surface area (Å²) in [4.78, 5) is 83.5. The first-order valence-corrected chi connectivity index (χ1v) is 30.3. The van der Waals surface area contributed by atoms with Crippen LogP contribution in [-0.2, 0) is 62.1 Å². The van der Waals surface area contributed by atoms with Crippen molar-refractivity contribution in [3.8, 4) is 0 Å². The van der Waals surface area contributed by atoms with E-state index >= 15 is 0 Å². The van der Waals surface area contributed by atoms with Crippen LogP contribution in [0.3, 0.4) is 0 Å². The second-order valence-corrected chi connectivity index (χ2v) is 24.3. The molecule has 0 radical (unpaired) electrons. The minimum atomic E-state index is -4.59. The first-order chi connectivity index (χ1) is 42.3. The smallest absolute Gasteiger partial charge is 0.416 e. The Hall–Kier alpha value is -7.53. The van der Waals surface area contributed by atoms with Crippen LogP contribution >= 0.6 is 23.2 Å². The standard InChI is InChI=1S/C32H37ClF3N7O5.C27H29ClF3N7O3/c1-5-22-26(40-12-13-41(24-9-8-23(24)40)30(46)48-31(2,3)4)28(45)43-29(38-27(39-43)18-10-14-47-15-11-18)42(22)17-25(44)37-21-7-6-19(16-20(21)33)32(34,35)36;1-2-20-23(36-10-9-32-19-5-6-21(19)36)25(40)38-26(34-24(35-38)15-7-11-41-12-8-15)37(20)14-22(39)33-18-4-3-16(13-17(18)28)27(29,30)31/h6-7,10,16,23-24H,5,8-9,11-15,17H2,1-4H3,(H,37,44);3-4,7,13,19,21,32H,2,5-6,8-12,14H2,1H3,(H,33,39)/t23-,24-;19-,21-/m11/s1. The second-order valence-electron chi connectivity index (χ2n) is 23.4. The number of fused-ring (bicyclic) bond motifs is 4. The van der Waals surface area contributed by atoms with Crippen LogP contribution in [0, 0.1) is 0 Å². The van der Waals surface area contributed by atoms with Gasteiger partial charge in [0.25, 0.3) is 11.1 Å². The number of hydrogen-bond acceptors (Lipinski definition) is 15. The van der Waals surface area contributed by atoms with Crippen LogP contribution in [0.2, 0.25) is 10.0 Å². The molecule has 6 aliphatic rings. The van der Waals surface area contributed by atoms with Crippen LogP contribution in [0.15, 0.2) is 58.1 Å². The maximum Gasteiger partial charge on any atom is 0.416 e. The van der Waals surface area contributed by atoms with Crippen LogP contribution in [0.4, 0.5) is 53.9 Å². The van der Waals surface area contributed by atoms with E-state index in [1.807, 2.05) is 51.7 Å². The Labute approximate surface area is 515 Å². The average Bonchev–Trinajstić information content (AvgIpc) is 1.74. The molecule has 3 N–H and O–H groups in total. The molecule has 0 unspecified atom stereocenters. The van der Waals surface area contributed by atoms with Gasteiger partial charge in [-0.15, -0.1) is 10.2 Å². The molecule has 0 bridgehead atoms. The highest BCUT2D eigenvalue weighted by molar-refractivity contribution is 6.34. The minimum absolute atomic E-state index is 0.00935. The van der Waals surface area contributed by atoms with Crippen LogP contribution < -0.4 is 36.9 Å². The highest BCUT2D eigenvalue weighted by Crippen LogP contribution is 2.40. The lowest BCUT2D eigenvalue weighted by Gasteiger charge is -2.54. The first kappa shape index (κ1) is 63.1. The molecule has 3 amide bonds. The monoisotopic (exact) mass is 1280 g/mol. The number of nitrogens with one attached hydrogen (secondary N) is 3. The Bertz CT molecular complexity index is 3950. The normalized spacial score (nSPS) is 20.3. The highest BCUT2D eigenvalue weighted by atomic mass is 35.5. The molecule has 12 rings (SSSR count). The Morgan fingerprint density at radius 3 is 1.53 bits per heavy atom. The van der Waals surface area contributed by atoms with Gasteiger partial charge in [0.2, 0.25) is 23.4 Å². The fraction of sp³-hybridized carbons (Fsp3) is 0.508. The Balaban J connectivity index is 0.000000186. The van der Waals surface area contributed by atoms with Crippen LogP contribution in [0.5, 0.6) is 0 Å². The summed E-state index contributed by atoms with van der Waals surface area (Å²) in [5, 5.41) is 17.4. The van der Waals surface area contributed by atoms with E-state index in [9.17, 15) is 50.3 Å². The third-order valence-corrected chi connectivity index (χ3v) is 17.4. The maximum atomic E-state index is 14.3. The molecule has 2 aliphatic carbocycles. The molecule has 2 aromatic carbocycles. The van der Waals surface area contributed by atoms with Crippen molar-refractivity contribution in [2.45, 2.75) is 141 Å². The van der Waals surface area contributed by atoms with Crippen molar-refractivity contribution < 1.29 is 54.9 Å². The van der Waals surface area contributed by atoms with Crippen LogP contribution in [0.25, 0.3) is 22.7 Å². The highest BCUT2D eigenvalue weighted by Gasteiger charge is 2.48. The summed E-state index contributed by atoms with van der Waals surface area (Å²) < 4.78 is 101. The van der Waals surface area contributed by atoms with Crippen molar-refractivity contribution in [1.82, 2.24) is 48.5 Å². The van der Waals surface area contributed by atoms with Gasteiger partial charge in [0.15, 0.2) is 11.6 Å². The third-order valence-electron chi connectivity index (χ3n) is 16.8. The van der Waals surface area contributed by atoms with Crippen molar-refractivity contribution >= 4 is 86.6 Å². The largest absolute Gasteiger partial charge is 0.444 e. The number of piperazine rings is 2. The van der Waals surface area contributed by atoms with Crippen molar-refractivity contribution in [2.24, 2.45) is 0 Å². The van der Waals surface area contributed by atoms with E-state index in [1.165, 1.54) is 9.03 Å². The minimum Gasteiger partial charge on any atom is -0.444 e. The molecule has 476 valence electrons. The van der Waals surface area contributed by atoms with Crippen molar-refractivity contribution in [3.05, 3.63) is 113 Å². The van der Waals surface area contributed by atoms with E-state index < -0.39 is 52.5 Å². The Kier molecular flexibility index (Phi) is 17.7. The van der Waals surface area contributed by atoms with Gasteiger partial charge in [-0.2, -0.15) is 45.3 Å². The summed E-state index contributed by atoms with van der Waals surface area (Å²) in [6.07, 6.45) is -0.443. The number of rotatable bonds is 12. The fourth-order valence-electron chi connectivity index (χ4n) is 12.3. The number of hydrogen-bond donors (Lipinski definition) is 3. The molecule has 4 atom stereocenters. The predicted molar refractivity (Wildman–Crippen MR) is 319 cm³/mol. The Morgan fingerprint density at radius 2 is 1.13 bits per heavy atom. The lowest BCUT2D eigenvalue weighted by Crippen LogP contribution is -2.67. The van der Waals surface area contributed by atoms with Crippen molar-refractivity contribution in [1.29, 1.82) is 0 Å². The molecule has 0 spiro atoms. The fourth-order valence-corrected chi connectivity index (χ4v) is 12.7. The second kappa shape index (κ2) is 25.0. The number of aromatic nitrogens is 8. The zero-order valence-corrected chi connectivity index (χ0v) is 50.9. The molecular weight excluding hydrogens is 1220 g/mol. The molecule has 4 fully saturated rings. The summed E-state index contributed by atoms with van der Waals surface area (Å²) in [5.41, 5.74) is 0.562. The molecule has 8 heterocycles. The van der Waals surface area contributed by atoms with Gasteiger partial charge in [0.1, 0.15) is 30.1 Å². The molecule has 2 saturated heterocycles. The zero-order chi connectivity index (χ0) is 63.4. The van der Waals surface area contributed by atoms with Gasteiger partial charge < -0.3 is 54.0 Å². The zero-order valence-electron chi connectivity index (χ0n) is 49.4. The molecule has 4 aromatic heterocycles. The van der Waals surface area contributed by atoms with Crippen LogP contribution in [0.1, 0.15) is 107 Å². The van der Waals surface area contributed by atoms with Gasteiger partial charge in [-0.1, -0.05) is 49.2 Å². The summed E-state index contributed by atoms with van der Waals surface area (Å²) in [7, 11) is 0. The van der Waals surface area contributed by atoms with E-state index in [-0.39, 0.29) is 69.7 Å².